The molecule has 0 aliphatic heterocycles. The van der Waals surface area contributed by atoms with Crippen molar-refractivity contribution in [1.82, 2.24) is 10.4 Å². The van der Waals surface area contributed by atoms with Gasteiger partial charge in [0, 0.05) is 35.3 Å². The summed E-state index contributed by atoms with van der Waals surface area (Å²) in [6.45, 7) is 0.570. The summed E-state index contributed by atoms with van der Waals surface area (Å²) in [5.74, 6) is 4.79. The highest BCUT2D eigenvalue weighted by Crippen LogP contribution is 2.26. The highest BCUT2D eigenvalue weighted by Gasteiger charge is 2.10. The van der Waals surface area contributed by atoms with E-state index in [1.807, 2.05) is 0 Å². The van der Waals surface area contributed by atoms with Crippen molar-refractivity contribution in [3.8, 4) is 0 Å². The topological polar surface area (TPSA) is 123 Å². The lowest BCUT2D eigenvalue weighted by Crippen LogP contribution is -2.29. The molecule has 138 valence electrons. The van der Waals surface area contributed by atoms with Gasteiger partial charge < -0.3 is 5.32 Å². The molecule has 4 N–H and O–H groups in total. The Bertz CT molecular complexity index is 1010. The van der Waals surface area contributed by atoms with Gasteiger partial charge in [-0.3, -0.25) is 20.3 Å². The molecule has 0 saturated carbocycles. The molecule has 27 heavy (non-hydrogen) atoms. The first kappa shape index (κ1) is 18.6. The van der Waals surface area contributed by atoms with Crippen molar-refractivity contribution in [1.29, 1.82) is 0 Å². The molecule has 1 heterocycles. The number of rotatable bonds is 6. The normalized spacial score (nSPS) is 10.6. The summed E-state index contributed by atoms with van der Waals surface area (Å²) < 4.78 is 0. The van der Waals surface area contributed by atoms with Gasteiger partial charge in [0.25, 0.3) is 11.6 Å². The number of halogens is 1. The number of nitrogens with one attached hydrogen (secondary N) is 2. The third-order valence-corrected chi connectivity index (χ3v) is 4.24. The summed E-state index contributed by atoms with van der Waals surface area (Å²) in [5.41, 5.74) is 4.91. The van der Waals surface area contributed by atoms with E-state index in [2.05, 4.69) is 15.7 Å². The first-order chi connectivity index (χ1) is 13.0. The van der Waals surface area contributed by atoms with Crippen LogP contribution < -0.4 is 16.6 Å². The molecule has 0 fully saturated rings. The average Bonchev–Trinajstić information content (AvgIpc) is 2.67. The van der Waals surface area contributed by atoms with Crippen molar-refractivity contribution in [2.24, 2.45) is 5.84 Å². The number of nitrogen functional groups attached to an aromatic ring is 1. The van der Waals surface area contributed by atoms with Crippen LogP contribution in [0, 0.1) is 10.1 Å². The van der Waals surface area contributed by atoms with E-state index in [1.54, 1.807) is 36.4 Å². The average molecular weight is 386 g/mol. The van der Waals surface area contributed by atoms with E-state index >= 15 is 0 Å². The third-order valence-electron chi connectivity index (χ3n) is 4.05. The molecule has 0 aliphatic carbocycles. The number of nitrogens with zero attached hydrogens (tertiary/aromatic N) is 2. The van der Waals surface area contributed by atoms with Gasteiger partial charge in [0.1, 0.15) is 5.15 Å². The molecule has 0 aliphatic rings. The number of pyridine rings is 1. The van der Waals surface area contributed by atoms with Crippen LogP contribution in [0.2, 0.25) is 5.15 Å². The number of fused-ring (bicyclic) bond motifs is 1. The summed E-state index contributed by atoms with van der Waals surface area (Å²) in [5, 5.41) is 15.1. The monoisotopic (exact) mass is 385 g/mol. The number of non-ortho nitro benzene ring substituents is 1. The number of anilines is 1. The van der Waals surface area contributed by atoms with Crippen LogP contribution in [0.15, 0.2) is 48.5 Å². The minimum absolute atomic E-state index is 0.0596. The van der Waals surface area contributed by atoms with Crippen LogP contribution in [-0.4, -0.2) is 22.4 Å². The zero-order valence-corrected chi connectivity index (χ0v) is 14.9. The highest BCUT2D eigenvalue weighted by atomic mass is 35.5. The van der Waals surface area contributed by atoms with Crippen LogP contribution in [0.4, 0.5) is 11.4 Å². The van der Waals surface area contributed by atoms with Gasteiger partial charge in [-0.2, -0.15) is 0 Å². The van der Waals surface area contributed by atoms with Crippen LogP contribution in [0.25, 0.3) is 10.9 Å². The third kappa shape index (κ3) is 4.30. The standard InChI is InChI=1S/C18H16ClN5O3/c19-17-10-16(14-9-12(18(25)23-20)3-6-15(14)22-17)21-8-7-11-1-4-13(5-2-11)24(26)27/h1-6,9-10H,7-8,20H2,(H,21,22)(H,23,25). The maximum atomic E-state index is 11.8. The predicted octanol–water partition coefficient (Wildman–Crippen LogP) is 3.05. The van der Waals surface area contributed by atoms with Gasteiger partial charge >= 0.3 is 0 Å². The van der Waals surface area contributed by atoms with Crippen LogP contribution in [-0.2, 0) is 6.42 Å². The van der Waals surface area contributed by atoms with E-state index < -0.39 is 10.8 Å². The molecule has 0 spiro atoms. The van der Waals surface area contributed by atoms with E-state index in [4.69, 9.17) is 17.4 Å². The van der Waals surface area contributed by atoms with Crippen molar-refractivity contribution in [2.45, 2.75) is 6.42 Å². The van der Waals surface area contributed by atoms with Crippen molar-refractivity contribution < 1.29 is 9.72 Å². The molecule has 3 rings (SSSR count). The minimum Gasteiger partial charge on any atom is -0.384 e. The molecule has 8 nitrogen and oxygen atoms in total. The second-order valence-corrected chi connectivity index (χ2v) is 6.19. The number of aromatic nitrogens is 1. The number of carbonyl (C=O) groups is 1. The van der Waals surface area contributed by atoms with Gasteiger partial charge in [-0.25, -0.2) is 10.8 Å². The van der Waals surface area contributed by atoms with Crippen molar-refractivity contribution in [3.05, 3.63) is 74.9 Å². The molecule has 0 saturated heterocycles. The molecule has 0 radical (unpaired) electrons. The SMILES string of the molecule is NNC(=O)c1ccc2nc(Cl)cc(NCCc3ccc([N+](=O)[O-])cc3)c2c1. The second-order valence-electron chi connectivity index (χ2n) is 5.80. The summed E-state index contributed by atoms with van der Waals surface area (Å²) in [4.78, 5) is 26.3. The Labute approximate surface area is 159 Å². The second kappa shape index (κ2) is 7.98. The van der Waals surface area contributed by atoms with Crippen LogP contribution >= 0.6 is 11.6 Å². The Morgan fingerprint density at radius 3 is 2.59 bits per heavy atom. The zero-order chi connectivity index (χ0) is 19.4. The fourth-order valence-electron chi connectivity index (χ4n) is 2.69. The number of nitrogens with two attached hydrogens (primary N) is 1. The van der Waals surface area contributed by atoms with E-state index in [1.165, 1.54) is 12.1 Å². The summed E-state index contributed by atoms with van der Waals surface area (Å²) in [6.07, 6.45) is 0.655. The van der Waals surface area contributed by atoms with Crippen LogP contribution in [0.5, 0.6) is 0 Å². The number of hydrogen-bond donors (Lipinski definition) is 3. The van der Waals surface area contributed by atoms with Gasteiger partial charge in [0.05, 0.1) is 10.4 Å². The fourth-order valence-corrected chi connectivity index (χ4v) is 2.89. The maximum Gasteiger partial charge on any atom is 0.269 e. The lowest BCUT2D eigenvalue weighted by Gasteiger charge is -2.11. The minimum atomic E-state index is -0.428. The summed E-state index contributed by atoms with van der Waals surface area (Å²) in [7, 11) is 0. The van der Waals surface area contributed by atoms with Gasteiger partial charge in [-0.15, -0.1) is 0 Å². The molecule has 1 amide bonds. The van der Waals surface area contributed by atoms with E-state index in [9.17, 15) is 14.9 Å². The number of nitro groups is 1. The Kier molecular flexibility index (Phi) is 5.49. The van der Waals surface area contributed by atoms with E-state index in [0.717, 1.165) is 16.6 Å². The number of carbonyl (C=O) groups excluding carboxylic acids is 1. The van der Waals surface area contributed by atoms with Crippen LogP contribution in [0.1, 0.15) is 15.9 Å². The van der Waals surface area contributed by atoms with Gasteiger partial charge in [0.2, 0.25) is 0 Å². The maximum absolute atomic E-state index is 11.8. The first-order valence-corrected chi connectivity index (χ1v) is 8.44. The van der Waals surface area contributed by atoms with Gasteiger partial charge in [-0.1, -0.05) is 23.7 Å². The van der Waals surface area contributed by atoms with E-state index in [-0.39, 0.29) is 5.69 Å². The Morgan fingerprint density at radius 2 is 1.93 bits per heavy atom. The number of benzene rings is 2. The predicted molar refractivity (Wildman–Crippen MR) is 104 cm³/mol. The molecule has 0 unspecified atom stereocenters. The summed E-state index contributed by atoms with van der Waals surface area (Å²) >= 11 is 6.08. The summed E-state index contributed by atoms with van der Waals surface area (Å²) in [6, 6.07) is 13.1. The molecule has 9 heteroatoms. The van der Waals surface area contributed by atoms with Crippen LogP contribution in [0.3, 0.4) is 0 Å². The molecule has 0 atom stereocenters. The first-order valence-electron chi connectivity index (χ1n) is 8.06. The largest absolute Gasteiger partial charge is 0.384 e. The van der Waals surface area contributed by atoms with Gasteiger partial charge in [-0.05, 0) is 36.2 Å². The van der Waals surface area contributed by atoms with E-state index in [0.29, 0.717) is 29.2 Å². The fraction of sp³-hybridized carbons (Fsp3) is 0.111. The molecule has 1 aromatic heterocycles. The van der Waals surface area contributed by atoms with Crippen molar-refractivity contribution in [3.63, 3.8) is 0 Å². The number of hydrazine groups is 1. The smallest absolute Gasteiger partial charge is 0.269 e. The number of nitro benzene ring substituents is 1. The molecule has 3 aromatic rings. The quantitative estimate of drug-likeness (QED) is 0.197. The number of hydrogen-bond acceptors (Lipinski definition) is 6. The van der Waals surface area contributed by atoms with Crippen molar-refractivity contribution in [2.75, 3.05) is 11.9 Å². The molecular formula is C18H16ClN5O3. The Morgan fingerprint density at radius 1 is 1.19 bits per heavy atom. The number of amides is 1. The lowest BCUT2D eigenvalue weighted by atomic mass is 10.1. The Balaban J connectivity index is 1.78. The zero-order valence-electron chi connectivity index (χ0n) is 14.1. The highest BCUT2D eigenvalue weighted by molar-refractivity contribution is 6.30. The molecule has 2 aromatic carbocycles. The van der Waals surface area contributed by atoms with Crippen molar-refractivity contribution >= 4 is 39.8 Å². The molecule has 0 bridgehead atoms. The van der Waals surface area contributed by atoms with Gasteiger partial charge in [0.15, 0.2) is 0 Å². The lowest BCUT2D eigenvalue weighted by molar-refractivity contribution is -0.384. The Hall–Kier alpha value is -3.23. The molecular weight excluding hydrogens is 370 g/mol.